The normalized spacial score (nSPS) is 12.2. The molecule has 0 fully saturated rings. The molecule has 0 bridgehead atoms. The number of fused-ring (bicyclic) bond motifs is 3. The Hall–Kier alpha value is -4.15. The third-order valence-corrected chi connectivity index (χ3v) is 4.48. The molecule has 0 spiro atoms. The number of aromatic nitrogens is 1. The summed E-state index contributed by atoms with van der Waals surface area (Å²) in [6.45, 7) is 3.49. The number of hydroxylamine groups is 1. The Morgan fingerprint density at radius 3 is 2.77 bits per heavy atom. The van der Waals surface area contributed by atoms with Gasteiger partial charge in [0.05, 0.1) is 17.3 Å². The van der Waals surface area contributed by atoms with Crippen LogP contribution < -0.4 is 10.2 Å². The van der Waals surface area contributed by atoms with Crippen LogP contribution in [-0.4, -0.2) is 16.0 Å². The van der Waals surface area contributed by atoms with E-state index in [1.54, 1.807) is 25.1 Å². The van der Waals surface area contributed by atoms with E-state index in [9.17, 15) is 5.21 Å². The van der Waals surface area contributed by atoms with Crippen molar-refractivity contribution in [3.05, 3.63) is 77.6 Å². The van der Waals surface area contributed by atoms with Crippen molar-refractivity contribution in [2.45, 2.75) is 13.8 Å². The smallest absolute Gasteiger partial charge is 0.230 e. The number of furan rings is 1. The Morgan fingerprint density at radius 2 is 1.97 bits per heavy atom. The number of ether oxygens (including phenoxy) is 1. The van der Waals surface area contributed by atoms with Crippen LogP contribution in [0.3, 0.4) is 0 Å². The van der Waals surface area contributed by atoms with Gasteiger partial charge in [-0.05, 0) is 50.2 Å². The quantitative estimate of drug-likeness (QED) is 0.211. The summed E-state index contributed by atoms with van der Waals surface area (Å²) in [7, 11) is 0. The van der Waals surface area contributed by atoms with Crippen LogP contribution in [0.4, 0.5) is 0 Å². The van der Waals surface area contributed by atoms with E-state index in [0.29, 0.717) is 17.0 Å². The number of rotatable bonds is 4. The highest BCUT2D eigenvalue weighted by Crippen LogP contribution is 2.33. The molecule has 0 radical (unpaired) electrons. The monoisotopic (exact) mass is 398 g/mol. The summed E-state index contributed by atoms with van der Waals surface area (Å²) in [6.07, 6.45) is 1.28. The van der Waals surface area contributed by atoms with Gasteiger partial charge in [-0.1, -0.05) is 18.2 Å². The number of nitrogens with zero attached hydrogens (tertiary/aromatic N) is 3. The SMILES string of the molecule is C/C(=C\C#N)N=C(NO)c1ccc(C)nc1Oc1ccc2oc3ccccc3c2c1. The maximum atomic E-state index is 9.60. The maximum Gasteiger partial charge on any atom is 0.230 e. The number of nitriles is 1. The van der Waals surface area contributed by atoms with Gasteiger partial charge in [0.25, 0.3) is 0 Å². The summed E-state index contributed by atoms with van der Waals surface area (Å²) < 4.78 is 11.9. The Bertz CT molecular complexity index is 1350. The van der Waals surface area contributed by atoms with Gasteiger partial charge in [0, 0.05) is 22.5 Å². The fraction of sp³-hybridized carbons (Fsp3) is 0.0870. The molecule has 2 heterocycles. The van der Waals surface area contributed by atoms with Crippen molar-refractivity contribution in [3.8, 4) is 17.7 Å². The Morgan fingerprint density at radius 1 is 1.17 bits per heavy atom. The average Bonchev–Trinajstić information content (AvgIpc) is 3.11. The summed E-state index contributed by atoms with van der Waals surface area (Å²) in [4.78, 5) is 8.69. The van der Waals surface area contributed by atoms with Crippen molar-refractivity contribution in [3.63, 3.8) is 0 Å². The molecule has 7 nitrogen and oxygen atoms in total. The molecule has 2 N–H and O–H groups in total. The largest absolute Gasteiger partial charge is 0.456 e. The van der Waals surface area contributed by atoms with Crippen LogP contribution in [0, 0.1) is 18.3 Å². The van der Waals surface area contributed by atoms with Gasteiger partial charge < -0.3 is 9.15 Å². The molecule has 0 unspecified atom stereocenters. The van der Waals surface area contributed by atoms with Crippen LogP contribution in [0.2, 0.25) is 0 Å². The van der Waals surface area contributed by atoms with Gasteiger partial charge in [-0.2, -0.15) is 5.26 Å². The Labute approximate surface area is 172 Å². The van der Waals surface area contributed by atoms with E-state index in [2.05, 4.69) is 15.5 Å². The number of amidine groups is 1. The first kappa shape index (κ1) is 19.2. The van der Waals surface area contributed by atoms with E-state index in [1.165, 1.54) is 6.08 Å². The molecule has 4 aromatic rings. The molecule has 148 valence electrons. The van der Waals surface area contributed by atoms with E-state index in [-0.39, 0.29) is 11.7 Å². The number of hydrogen-bond donors (Lipinski definition) is 2. The fourth-order valence-electron chi connectivity index (χ4n) is 3.12. The van der Waals surface area contributed by atoms with Gasteiger partial charge in [-0.15, -0.1) is 0 Å². The minimum Gasteiger partial charge on any atom is -0.456 e. The Kier molecular flexibility index (Phi) is 5.16. The first-order chi connectivity index (χ1) is 14.6. The first-order valence-electron chi connectivity index (χ1n) is 9.21. The summed E-state index contributed by atoms with van der Waals surface area (Å²) in [5, 5.41) is 20.3. The predicted octanol–water partition coefficient (Wildman–Crippen LogP) is 5.23. The zero-order chi connectivity index (χ0) is 21.1. The second-order valence-corrected chi connectivity index (χ2v) is 6.65. The zero-order valence-corrected chi connectivity index (χ0v) is 16.4. The van der Waals surface area contributed by atoms with E-state index < -0.39 is 0 Å². The lowest BCUT2D eigenvalue weighted by Gasteiger charge is -2.12. The summed E-state index contributed by atoms with van der Waals surface area (Å²) >= 11 is 0. The third kappa shape index (κ3) is 3.72. The number of hydrogen-bond acceptors (Lipinski definition) is 6. The van der Waals surface area contributed by atoms with Crippen LogP contribution in [0.5, 0.6) is 11.6 Å². The minimum absolute atomic E-state index is 0.122. The van der Waals surface area contributed by atoms with E-state index in [4.69, 9.17) is 14.4 Å². The fourth-order valence-corrected chi connectivity index (χ4v) is 3.12. The van der Waals surface area contributed by atoms with Crippen molar-refractivity contribution in [2.75, 3.05) is 0 Å². The van der Waals surface area contributed by atoms with Gasteiger partial charge in [0.2, 0.25) is 5.88 Å². The van der Waals surface area contributed by atoms with Gasteiger partial charge >= 0.3 is 0 Å². The van der Waals surface area contributed by atoms with Crippen molar-refractivity contribution < 1.29 is 14.4 Å². The number of benzene rings is 2. The van der Waals surface area contributed by atoms with Gasteiger partial charge in [-0.3, -0.25) is 10.7 Å². The number of nitrogens with one attached hydrogen (secondary N) is 1. The number of aryl methyl sites for hydroxylation is 1. The molecule has 0 aliphatic heterocycles. The number of aliphatic imine (C=N–C) groups is 1. The summed E-state index contributed by atoms with van der Waals surface area (Å²) in [5.41, 5.74) is 5.25. The lowest BCUT2D eigenvalue weighted by atomic mass is 10.1. The van der Waals surface area contributed by atoms with Crippen molar-refractivity contribution in [2.24, 2.45) is 4.99 Å². The Balaban J connectivity index is 1.78. The van der Waals surface area contributed by atoms with Crippen molar-refractivity contribution in [1.82, 2.24) is 10.5 Å². The van der Waals surface area contributed by atoms with E-state index >= 15 is 0 Å². The molecule has 0 aliphatic rings. The molecule has 0 amide bonds. The molecule has 0 aliphatic carbocycles. The van der Waals surface area contributed by atoms with Crippen LogP contribution >= 0.6 is 0 Å². The maximum absolute atomic E-state index is 9.60. The van der Waals surface area contributed by atoms with Crippen molar-refractivity contribution in [1.29, 1.82) is 5.26 Å². The van der Waals surface area contributed by atoms with Crippen LogP contribution in [0.25, 0.3) is 21.9 Å². The van der Waals surface area contributed by atoms with Crippen molar-refractivity contribution >= 4 is 27.8 Å². The van der Waals surface area contributed by atoms with Crippen LogP contribution in [0.1, 0.15) is 18.2 Å². The first-order valence-corrected chi connectivity index (χ1v) is 9.21. The summed E-state index contributed by atoms with van der Waals surface area (Å²) in [6, 6.07) is 18.8. The van der Waals surface area contributed by atoms with E-state index in [1.807, 2.05) is 49.4 Å². The molecule has 2 aromatic heterocycles. The van der Waals surface area contributed by atoms with E-state index in [0.717, 1.165) is 27.6 Å². The second-order valence-electron chi connectivity index (χ2n) is 6.65. The molecular formula is C23H18N4O3. The molecule has 2 aromatic carbocycles. The molecular weight excluding hydrogens is 380 g/mol. The van der Waals surface area contributed by atoms with Gasteiger partial charge in [0.15, 0.2) is 5.84 Å². The van der Waals surface area contributed by atoms with Crippen LogP contribution in [0.15, 0.2) is 75.8 Å². The number of allylic oxidation sites excluding steroid dienone is 2. The topological polar surface area (TPSA) is 104 Å². The zero-order valence-electron chi connectivity index (χ0n) is 16.4. The standard InChI is InChI=1S/C23H18N4O3/c1-14-7-9-18(22(27-28)25-15(2)11-12-24)23(26-14)29-16-8-10-21-19(13-16)17-5-3-4-6-20(17)30-21/h3-11,13,28H,1-2H3,(H,25,27)/b15-11+. The minimum atomic E-state index is 0.122. The summed E-state index contributed by atoms with van der Waals surface area (Å²) in [5.74, 6) is 0.957. The molecule has 30 heavy (non-hydrogen) atoms. The predicted molar refractivity (Wildman–Crippen MR) is 114 cm³/mol. The highest BCUT2D eigenvalue weighted by atomic mass is 16.5. The molecule has 0 saturated heterocycles. The molecule has 7 heteroatoms. The average molecular weight is 398 g/mol. The third-order valence-electron chi connectivity index (χ3n) is 4.48. The molecule has 4 rings (SSSR count). The lowest BCUT2D eigenvalue weighted by molar-refractivity contribution is 0.234. The molecule has 0 atom stereocenters. The van der Waals surface area contributed by atoms with Gasteiger partial charge in [0.1, 0.15) is 16.9 Å². The lowest BCUT2D eigenvalue weighted by Crippen LogP contribution is -2.21. The van der Waals surface area contributed by atoms with Crippen LogP contribution in [-0.2, 0) is 0 Å². The second kappa shape index (κ2) is 8.07. The number of para-hydroxylation sites is 1. The highest BCUT2D eigenvalue weighted by molar-refractivity contribution is 6.05. The molecule has 0 saturated carbocycles. The highest BCUT2D eigenvalue weighted by Gasteiger charge is 2.15. The van der Waals surface area contributed by atoms with Gasteiger partial charge in [-0.25, -0.2) is 9.98 Å². The number of pyridine rings is 1.